The van der Waals surface area contributed by atoms with Gasteiger partial charge in [0.05, 0.1) is 19.1 Å². The lowest BCUT2D eigenvalue weighted by Gasteiger charge is -2.21. The number of carbonyl (C=O) groups excluding carboxylic acids is 1. The highest BCUT2D eigenvalue weighted by Gasteiger charge is 2.33. The zero-order valence-electron chi connectivity index (χ0n) is 12.7. The van der Waals surface area contributed by atoms with Gasteiger partial charge in [0.2, 0.25) is 5.91 Å². The van der Waals surface area contributed by atoms with Crippen molar-refractivity contribution in [3.63, 3.8) is 0 Å². The molecule has 2 rings (SSSR count). The first kappa shape index (κ1) is 15.8. The number of nitrogens with one attached hydrogen (secondary N) is 1. The molecular formula is C17H25NO3. The molecule has 0 spiro atoms. The maximum Gasteiger partial charge on any atom is 0.222 e. The van der Waals surface area contributed by atoms with Crippen molar-refractivity contribution in [2.75, 3.05) is 13.7 Å². The summed E-state index contributed by atoms with van der Waals surface area (Å²) in [6.45, 7) is 0.654. The zero-order chi connectivity index (χ0) is 15.1. The molecule has 1 aliphatic rings. The molecule has 0 bridgehead atoms. The summed E-state index contributed by atoms with van der Waals surface area (Å²) in [5, 5.41) is 13.1. The lowest BCUT2D eigenvalue weighted by molar-refractivity contribution is -0.125. The van der Waals surface area contributed by atoms with Gasteiger partial charge in [-0.15, -0.1) is 0 Å². The van der Waals surface area contributed by atoms with Crippen LogP contribution in [0, 0.1) is 0 Å². The summed E-state index contributed by atoms with van der Waals surface area (Å²) in [7, 11) is 1.66. The number of ether oxygens (including phenoxy) is 1. The molecule has 0 atom stereocenters. The van der Waals surface area contributed by atoms with E-state index in [0.717, 1.165) is 44.3 Å². The van der Waals surface area contributed by atoms with Crippen LogP contribution in [0.5, 0.6) is 5.75 Å². The van der Waals surface area contributed by atoms with Crippen molar-refractivity contribution < 1.29 is 14.6 Å². The van der Waals surface area contributed by atoms with Gasteiger partial charge in [-0.05, 0) is 43.4 Å². The SMILES string of the molecule is COc1ccc(CCCNC(=O)CC2(O)CCCC2)cc1. The minimum atomic E-state index is -0.750. The van der Waals surface area contributed by atoms with Crippen molar-refractivity contribution in [1.82, 2.24) is 5.32 Å². The summed E-state index contributed by atoms with van der Waals surface area (Å²) in [4.78, 5) is 11.8. The number of aliphatic hydroxyl groups is 1. The molecule has 0 aromatic heterocycles. The number of hydrogen-bond donors (Lipinski definition) is 2. The lowest BCUT2D eigenvalue weighted by atomic mass is 9.97. The first-order chi connectivity index (χ1) is 10.1. The van der Waals surface area contributed by atoms with Crippen LogP contribution >= 0.6 is 0 Å². The highest BCUT2D eigenvalue weighted by Crippen LogP contribution is 2.32. The third-order valence-corrected chi connectivity index (χ3v) is 4.15. The van der Waals surface area contributed by atoms with Crippen LogP contribution in [-0.4, -0.2) is 30.3 Å². The minimum Gasteiger partial charge on any atom is -0.497 e. The fraction of sp³-hybridized carbons (Fsp3) is 0.588. The molecule has 4 nitrogen and oxygen atoms in total. The Hall–Kier alpha value is -1.55. The van der Waals surface area contributed by atoms with Crippen molar-refractivity contribution in [2.45, 2.75) is 50.5 Å². The molecule has 0 aliphatic heterocycles. The van der Waals surface area contributed by atoms with E-state index in [9.17, 15) is 9.90 Å². The molecule has 1 aliphatic carbocycles. The van der Waals surface area contributed by atoms with E-state index in [1.54, 1.807) is 7.11 Å². The predicted molar refractivity (Wildman–Crippen MR) is 82.4 cm³/mol. The molecule has 1 aromatic carbocycles. The molecule has 1 saturated carbocycles. The summed E-state index contributed by atoms with van der Waals surface area (Å²) < 4.78 is 5.12. The van der Waals surface area contributed by atoms with Gasteiger partial charge in [-0.25, -0.2) is 0 Å². The van der Waals surface area contributed by atoms with Crippen LogP contribution in [0.2, 0.25) is 0 Å². The van der Waals surface area contributed by atoms with Crippen molar-refractivity contribution in [3.8, 4) is 5.75 Å². The summed E-state index contributed by atoms with van der Waals surface area (Å²) in [5.74, 6) is 0.825. The van der Waals surface area contributed by atoms with Crippen LogP contribution in [0.25, 0.3) is 0 Å². The fourth-order valence-corrected chi connectivity index (χ4v) is 2.88. The van der Waals surface area contributed by atoms with Gasteiger partial charge in [0.25, 0.3) is 0 Å². The van der Waals surface area contributed by atoms with E-state index in [1.165, 1.54) is 5.56 Å². The Balaban J connectivity index is 1.63. The van der Waals surface area contributed by atoms with Gasteiger partial charge >= 0.3 is 0 Å². The molecule has 0 heterocycles. The molecule has 4 heteroatoms. The molecular weight excluding hydrogens is 266 g/mol. The van der Waals surface area contributed by atoms with Crippen LogP contribution < -0.4 is 10.1 Å². The van der Waals surface area contributed by atoms with Gasteiger partial charge in [-0.2, -0.15) is 0 Å². The smallest absolute Gasteiger partial charge is 0.222 e. The van der Waals surface area contributed by atoms with Gasteiger partial charge in [0.15, 0.2) is 0 Å². The van der Waals surface area contributed by atoms with Crippen LogP contribution in [0.4, 0.5) is 0 Å². The summed E-state index contributed by atoms with van der Waals surface area (Å²) in [6, 6.07) is 7.98. The molecule has 2 N–H and O–H groups in total. The fourth-order valence-electron chi connectivity index (χ4n) is 2.88. The lowest BCUT2D eigenvalue weighted by Crippen LogP contribution is -2.35. The van der Waals surface area contributed by atoms with Crippen LogP contribution in [0.3, 0.4) is 0 Å². The molecule has 0 radical (unpaired) electrons. The summed E-state index contributed by atoms with van der Waals surface area (Å²) in [6.07, 6.45) is 5.64. The Morgan fingerprint density at radius 3 is 2.57 bits per heavy atom. The third kappa shape index (κ3) is 5.05. The van der Waals surface area contributed by atoms with Crippen molar-refractivity contribution in [1.29, 1.82) is 0 Å². The number of rotatable bonds is 7. The van der Waals surface area contributed by atoms with Crippen molar-refractivity contribution in [2.24, 2.45) is 0 Å². The van der Waals surface area contributed by atoms with E-state index >= 15 is 0 Å². The maximum absolute atomic E-state index is 11.8. The Labute approximate surface area is 126 Å². The average Bonchev–Trinajstić information content (AvgIpc) is 2.90. The standard InChI is InChI=1S/C17H25NO3/c1-21-15-8-6-14(7-9-15)5-4-12-18-16(19)13-17(20)10-2-3-11-17/h6-9,20H,2-5,10-13H2,1H3,(H,18,19). The number of aryl methyl sites for hydroxylation is 1. The molecule has 116 valence electrons. The molecule has 1 aromatic rings. The number of methoxy groups -OCH3 is 1. The van der Waals surface area contributed by atoms with Gasteiger partial charge in [-0.3, -0.25) is 4.79 Å². The maximum atomic E-state index is 11.8. The molecule has 1 fully saturated rings. The molecule has 0 unspecified atom stereocenters. The normalized spacial score (nSPS) is 16.7. The van der Waals surface area contributed by atoms with E-state index < -0.39 is 5.60 Å². The second-order valence-corrected chi connectivity index (χ2v) is 5.91. The first-order valence-electron chi connectivity index (χ1n) is 7.73. The monoisotopic (exact) mass is 291 g/mol. The van der Waals surface area contributed by atoms with Gasteiger partial charge in [0.1, 0.15) is 5.75 Å². The molecule has 1 amide bonds. The summed E-state index contributed by atoms with van der Waals surface area (Å²) in [5.41, 5.74) is 0.486. The van der Waals surface area contributed by atoms with Crippen molar-refractivity contribution in [3.05, 3.63) is 29.8 Å². The minimum absolute atomic E-state index is 0.0332. The number of carbonyl (C=O) groups is 1. The van der Waals surface area contributed by atoms with E-state index in [-0.39, 0.29) is 12.3 Å². The molecule has 0 saturated heterocycles. The Kier molecular flexibility index (Phi) is 5.62. The second kappa shape index (κ2) is 7.46. The number of hydrogen-bond acceptors (Lipinski definition) is 3. The van der Waals surface area contributed by atoms with Gasteiger partial charge < -0.3 is 15.2 Å². The Morgan fingerprint density at radius 1 is 1.29 bits per heavy atom. The van der Waals surface area contributed by atoms with Gasteiger partial charge in [0, 0.05) is 6.54 Å². The summed E-state index contributed by atoms with van der Waals surface area (Å²) >= 11 is 0. The van der Waals surface area contributed by atoms with Crippen LogP contribution in [0.1, 0.15) is 44.1 Å². The predicted octanol–water partition coefficient (Wildman–Crippen LogP) is 2.44. The quantitative estimate of drug-likeness (QED) is 0.759. The van der Waals surface area contributed by atoms with E-state index in [2.05, 4.69) is 5.32 Å². The second-order valence-electron chi connectivity index (χ2n) is 5.91. The first-order valence-corrected chi connectivity index (χ1v) is 7.73. The number of benzene rings is 1. The highest BCUT2D eigenvalue weighted by atomic mass is 16.5. The average molecular weight is 291 g/mol. The third-order valence-electron chi connectivity index (χ3n) is 4.15. The van der Waals surface area contributed by atoms with E-state index in [4.69, 9.17) is 4.74 Å². The highest BCUT2D eigenvalue weighted by molar-refractivity contribution is 5.77. The van der Waals surface area contributed by atoms with E-state index in [0.29, 0.717) is 6.54 Å². The van der Waals surface area contributed by atoms with Crippen molar-refractivity contribution >= 4 is 5.91 Å². The van der Waals surface area contributed by atoms with Crippen LogP contribution in [-0.2, 0) is 11.2 Å². The Bertz CT molecular complexity index is 450. The van der Waals surface area contributed by atoms with Crippen LogP contribution in [0.15, 0.2) is 24.3 Å². The topological polar surface area (TPSA) is 58.6 Å². The largest absolute Gasteiger partial charge is 0.497 e. The zero-order valence-corrected chi connectivity index (χ0v) is 12.7. The number of amides is 1. The van der Waals surface area contributed by atoms with E-state index in [1.807, 2.05) is 24.3 Å². The molecule has 21 heavy (non-hydrogen) atoms. The van der Waals surface area contributed by atoms with Gasteiger partial charge in [-0.1, -0.05) is 25.0 Å². The Morgan fingerprint density at radius 2 is 1.95 bits per heavy atom.